The molecule has 2 atom stereocenters. The normalized spacial score (nSPS) is 20.0. The summed E-state index contributed by atoms with van der Waals surface area (Å²) < 4.78 is 10.7. The fraction of sp³-hybridized carbons (Fsp3) is 0.500. The summed E-state index contributed by atoms with van der Waals surface area (Å²) >= 11 is 0. The molecule has 2 rings (SSSR count). The first-order valence-electron chi connectivity index (χ1n) is 6.48. The molecule has 5 heteroatoms. The minimum absolute atomic E-state index is 0.0267. The van der Waals surface area contributed by atoms with Crippen LogP contribution >= 0.6 is 0 Å². The van der Waals surface area contributed by atoms with Crippen molar-refractivity contribution in [3.8, 4) is 5.75 Å². The van der Waals surface area contributed by atoms with Crippen LogP contribution in [0.3, 0.4) is 0 Å². The number of ether oxygens (including phenoxy) is 2. The van der Waals surface area contributed by atoms with Crippen LogP contribution in [0.25, 0.3) is 0 Å². The van der Waals surface area contributed by atoms with Gasteiger partial charge in [0, 0.05) is 6.61 Å². The first kappa shape index (κ1) is 13.7. The number of para-hydroxylation sites is 1. The third-order valence-corrected chi connectivity index (χ3v) is 3.38. The topological polar surface area (TPSA) is 73.6 Å². The molecule has 1 aromatic carbocycles. The summed E-state index contributed by atoms with van der Waals surface area (Å²) in [6.07, 6.45) is 2.12. The van der Waals surface area contributed by atoms with Gasteiger partial charge in [0.25, 0.3) is 5.91 Å². The summed E-state index contributed by atoms with van der Waals surface area (Å²) in [5, 5.41) is 2.94. The number of methoxy groups -OCH3 is 1. The van der Waals surface area contributed by atoms with Crippen LogP contribution in [0.15, 0.2) is 18.2 Å². The predicted octanol–water partition coefficient (Wildman–Crippen LogP) is 1.57. The number of nitrogens with one attached hydrogen (secondary N) is 1. The summed E-state index contributed by atoms with van der Waals surface area (Å²) in [4.78, 5) is 12.2. The highest BCUT2D eigenvalue weighted by molar-refractivity contribution is 5.98. The lowest BCUT2D eigenvalue weighted by Crippen LogP contribution is -2.40. The molecule has 1 aliphatic heterocycles. The fourth-order valence-electron chi connectivity index (χ4n) is 2.34. The Hall–Kier alpha value is -1.75. The maximum atomic E-state index is 12.2. The quantitative estimate of drug-likeness (QED) is 0.810. The maximum Gasteiger partial charge on any atom is 0.255 e. The lowest BCUT2D eigenvalue weighted by molar-refractivity contribution is 0.0711. The van der Waals surface area contributed by atoms with Crippen LogP contribution in [0.4, 0.5) is 5.69 Å². The van der Waals surface area contributed by atoms with Gasteiger partial charge in [-0.3, -0.25) is 4.79 Å². The highest BCUT2D eigenvalue weighted by atomic mass is 16.5. The van der Waals surface area contributed by atoms with Crippen molar-refractivity contribution in [3.05, 3.63) is 23.8 Å². The van der Waals surface area contributed by atoms with Gasteiger partial charge in [0.05, 0.1) is 30.5 Å². The van der Waals surface area contributed by atoms with Crippen LogP contribution < -0.4 is 15.8 Å². The Morgan fingerprint density at radius 3 is 3.00 bits per heavy atom. The molecule has 0 spiro atoms. The van der Waals surface area contributed by atoms with Crippen molar-refractivity contribution in [2.24, 2.45) is 0 Å². The van der Waals surface area contributed by atoms with Gasteiger partial charge in [-0.15, -0.1) is 0 Å². The molecule has 19 heavy (non-hydrogen) atoms. The van der Waals surface area contributed by atoms with Gasteiger partial charge in [-0.25, -0.2) is 0 Å². The first-order valence-corrected chi connectivity index (χ1v) is 6.48. The van der Waals surface area contributed by atoms with E-state index in [-0.39, 0.29) is 18.1 Å². The van der Waals surface area contributed by atoms with Crippen LogP contribution in [-0.4, -0.2) is 31.8 Å². The molecule has 0 bridgehead atoms. The standard InChI is InChI=1S/C14H20N2O3/c1-9(12-7-4-8-19-12)16-14(17)10-5-3-6-11(15)13(10)18-2/h3,5-6,9,12H,4,7-8,15H2,1-2H3,(H,16,17). The summed E-state index contributed by atoms with van der Waals surface area (Å²) in [6, 6.07) is 5.12. The predicted molar refractivity (Wildman–Crippen MR) is 73.3 cm³/mol. The summed E-state index contributed by atoms with van der Waals surface area (Å²) in [7, 11) is 1.51. The van der Waals surface area contributed by atoms with E-state index in [4.69, 9.17) is 15.2 Å². The van der Waals surface area contributed by atoms with Gasteiger partial charge in [0.2, 0.25) is 0 Å². The zero-order chi connectivity index (χ0) is 13.8. The number of rotatable bonds is 4. The third kappa shape index (κ3) is 2.98. The van der Waals surface area contributed by atoms with E-state index in [1.165, 1.54) is 7.11 Å². The van der Waals surface area contributed by atoms with E-state index >= 15 is 0 Å². The van der Waals surface area contributed by atoms with E-state index in [1.54, 1.807) is 18.2 Å². The van der Waals surface area contributed by atoms with Crippen molar-refractivity contribution in [2.45, 2.75) is 31.9 Å². The molecule has 5 nitrogen and oxygen atoms in total. The highest BCUT2D eigenvalue weighted by Crippen LogP contribution is 2.26. The number of nitrogen functional groups attached to an aromatic ring is 1. The number of nitrogens with two attached hydrogens (primary N) is 1. The second kappa shape index (κ2) is 5.93. The minimum atomic E-state index is -0.188. The van der Waals surface area contributed by atoms with Crippen LogP contribution in [-0.2, 0) is 4.74 Å². The van der Waals surface area contributed by atoms with Gasteiger partial charge >= 0.3 is 0 Å². The Labute approximate surface area is 113 Å². The fourth-order valence-corrected chi connectivity index (χ4v) is 2.34. The van der Waals surface area contributed by atoms with Crippen molar-refractivity contribution in [2.75, 3.05) is 19.5 Å². The van der Waals surface area contributed by atoms with Crippen LogP contribution in [0.2, 0.25) is 0 Å². The number of hydrogen-bond donors (Lipinski definition) is 2. The van der Waals surface area contributed by atoms with Gasteiger partial charge in [-0.2, -0.15) is 0 Å². The van der Waals surface area contributed by atoms with E-state index in [0.717, 1.165) is 19.4 Å². The third-order valence-electron chi connectivity index (χ3n) is 3.38. The van der Waals surface area contributed by atoms with Gasteiger partial charge < -0.3 is 20.5 Å². The Bertz CT molecular complexity index is 456. The number of carbonyl (C=O) groups excluding carboxylic acids is 1. The molecule has 2 unspecified atom stereocenters. The molecule has 0 radical (unpaired) electrons. The molecule has 0 aliphatic carbocycles. The number of amides is 1. The van der Waals surface area contributed by atoms with Crippen LogP contribution in [0.1, 0.15) is 30.1 Å². The molecular formula is C14H20N2O3. The minimum Gasteiger partial charge on any atom is -0.494 e. The summed E-state index contributed by atoms with van der Waals surface area (Å²) in [6.45, 7) is 2.72. The molecule has 1 heterocycles. The maximum absolute atomic E-state index is 12.2. The van der Waals surface area contributed by atoms with E-state index in [9.17, 15) is 4.79 Å². The second-order valence-electron chi connectivity index (χ2n) is 4.74. The van der Waals surface area contributed by atoms with Gasteiger partial charge in [-0.05, 0) is 31.9 Å². The molecule has 0 saturated carbocycles. The van der Waals surface area contributed by atoms with Gasteiger partial charge in [0.15, 0.2) is 5.75 Å². The molecule has 1 aliphatic rings. The van der Waals surface area contributed by atoms with E-state index in [0.29, 0.717) is 17.0 Å². The van der Waals surface area contributed by atoms with E-state index in [2.05, 4.69) is 5.32 Å². The van der Waals surface area contributed by atoms with Crippen LogP contribution in [0, 0.1) is 0 Å². The average molecular weight is 264 g/mol. The zero-order valence-corrected chi connectivity index (χ0v) is 11.3. The molecule has 1 fully saturated rings. The molecule has 104 valence electrons. The molecule has 1 amide bonds. The Balaban J connectivity index is 2.09. The van der Waals surface area contributed by atoms with Crippen molar-refractivity contribution >= 4 is 11.6 Å². The van der Waals surface area contributed by atoms with Gasteiger partial charge in [-0.1, -0.05) is 6.07 Å². The molecule has 1 saturated heterocycles. The Morgan fingerprint density at radius 2 is 2.37 bits per heavy atom. The molecular weight excluding hydrogens is 244 g/mol. The Morgan fingerprint density at radius 1 is 1.58 bits per heavy atom. The lowest BCUT2D eigenvalue weighted by Gasteiger charge is -2.20. The summed E-state index contributed by atoms with van der Waals surface area (Å²) in [5.74, 6) is 0.228. The van der Waals surface area contributed by atoms with E-state index < -0.39 is 0 Å². The largest absolute Gasteiger partial charge is 0.494 e. The van der Waals surface area contributed by atoms with Crippen molar-refractivity contribution < 1.29 is 14.3 Å². The summed E-state index contributed by atoms with van der Waals surface area (Å²) in [5.41, 5.74) is 6.70. The van der Waals surface area contributed by atoms with Crippen molar-refractivity contribution in [1.29, 1.82) is 0 Å². The van der Waals surface area contributed by atoms with Gasteiger partial charge in [0.1, 0.15) is 0 Å². The highest BCUT2D eigenvalue weighted by Gasteiger charge is 2.25. The molecule has 3 N–H and O–H groups in total. The monoisotopic (exact) mass is 264 g/mol. The number of carbonyl (C=O) groups is 1. The van der Waals surface area contributed by atoms with Crippen molar-refractivity contribution in [1.82, 2.24) is 5.32 Å². The van der Waals surface area contributed by atoms with Crippen LogP contribution in [0.5, 0.6) is 5.75 Å². The smallest absolute Gasteiger partial charge is 0.255 e. The molecule has 0 aromatic heterocycles. The van der Waals surface area contributed by atoms with E-state index in [1.807, 2.05) is 6.92 Å². The SMILES string of the molecule is COc1c(N)cccc1C(=O)NC(C)C1CCCO1. The lowest BCUT2D eigenvalue weighted by atomic mass is 10.1. The van der Waals surface area contributed by atoms with Crippen molar-refractivity contribution in [3.63, 3.8) is 0 Å². The number of hydrogen-bond acceptors (Lipinski definition) is 4. The first-order chi connectivity index (χ1) is 9.13. The number of anilines is 1. The Kier molecular flexibility index (Phi) is 4.27. The average Bonchev–Trinajstić information content (AvgIpc) is 2.92. The zero-order valence-electron chi connectivity index (χ0n) is 11.3. The molecule has 1 aromatic rings. The second-order valence-corrected chi connectivity index (χ2v) is 4.74. The number of benzene rings is 1.